The second-order valence-corrected chi connectivity index (χ2v) is 6.66. The van der Waals surface area contributed by atoms with Gasteiger partial charge in [-0.25, -0.2) is 9.67 Å². The van der Waals surface area contributed by atoms with Crippen LogP contribution in [0.15, 0.2) is 60.8 Å². The van der Waals surface area contributed by atoms with Crippen molar-refractivity contribution in [3.63, 3.8) is 0 Å². The van der Waals surface area contributed by atoms with Gasteiger partial charge in [-0.15, -0.1) is 0 Å². The van der Waals surface area contributed by atoms with E-state index in [1.807, 2.05) is 53.3 Å². The third kappa shape index (κ3) is 3.08. The van der Waals surface area contributed by atoms with E-state index in [2.05, 4.69) is 17.1 Å². The van der Waals surface area contributed by atoms with E-state index in [0.29, 0.717) is 19.0 Å². The zero-order valence-electron chi connectivity index (χ0n) is 14.8. The first-order chi connectivity index (χ1) is 13.4. The van der Waals surface area contributed by atoms with E-state index in [4.69, 9.17) is 19.6 Å². The number of benzene rings is 2. The highest BCUT2D eigenvalue weighted by Crippen LogP contribution is 2.31. The van der Waals surface area contributed by atoms with Gasteiger partial charge < -0.3 is 14.5 Å². The Morgan fingerprint density at radius 1 is 1.11 bits per heavy atom. The van der Waals surface area contributed by atoms with E-state index in [9.17, 15) is 0 Å². The van der Waals surface area contributed by atoms with Gasteiger partial charge in [0.25, 0.3) is 0 Å². The highest BCUT2D eigenvalue weighted by Gasteiger charge is 2.25. The van der Waals surface area contributed by atoms with Gasteiger partial charge in [0.15, 0.2) is 11.6 Å². The van der Waals surface area contributed by atoms with Crippen LogP contribution in [0, 0.1) is 0 Å². The van der Waals surface area contributed by atoms with Gasteiger partial charge in [0.2, 0.25) is 0 Å². The fourth-order valence-electron chi connectivity index (χ4n) is 3.50. The summed E-state index contributed by atoms with van der Waals surface area (Å²) in [6.07, 6.45) is 2.94. The van der Waals surface area contributed by atoms with Crippen LogP contribution in [0.2, 0.25) is 0 Å². The molecule has 1 atom stereocenters. The number of rotatable bonds is 5. The molecule has 0 spiro atoms. The summed E-state index contributed by atoms with van der Waals surface area (Å²) in [6, 6.07) is 18.2. The lowest BCUT2D eigenvalue weighted by Crippen LogP contribution is -2.12. The summed E-state index contributed by atoms with van der Waals surface area (Å²) in [5, 5.41) is 5.90. The Bertz CT molecular complexity index is 1050. The van der Waals surface area contributed by atoms with Gasteiger partial charge in [-0.3, -0.25) is 0 Å². The molecule has 3 heterocycles. The van der Waals surface area contributed by atoms with Crippen molar-refractivity contribution in [2.45, 2.75) is 19.1 Å². The first-order valence-corrected chi connectivity index (χ1v) is 9.16. The number of nitrogens with one attached hydrogen (secondary N) is 1. The third-order valence-electron chi connectivity index (χ3n) is 4.87. The van der Waals surface area contributed by atoms with Crippen molar-refractivity contribution in [3.05, 3.63) is 66.6 Å². The molecule has 1 fully saturated rings. The van der Waals surface area contributed by atoms with Gasteiger partial charge in [-0.05, 0) is 24.6 Å². The SMILES string of the molecule is c1ccc(OCc2nc(-c3c[nH]c4ccccc34)n(C3CCOC3)n2)cc1. The quantitative estimate of drug-likeness (QED) is 0.585. The fourth-order valence-corrected chi connectivity index (χ4v) is 3.50. The highest BCUT2D eigenvalue weighted by atomic mass is 16.5. The molecule has 2 aromatic heterocycles. The lowest BCUT2D eigenvalue weighted by Gasteiger charge is -2.10. The summed E-state index contributed by atoms with van der Waals surface area (Å²) in [5.74, 6) is 2.34. The van der Waals surface area contributed by atoms with Crippen LogP contribution in [0.1, 0.15) is 18.3 Å². The molecule has 0 saturated carbocycles. The van der Waals surface area contributed by atoms with Crippen molar-refractivity contribution in [1.29, 1.82) is 0 Å². The summed E-state index contributed by atoms with van der Waals surface area (Å²) >= 11 is 0. The largest absolute Gasteiger partial charge is 0.486 e. The lowest BCUT2D eigenvalue weighted by molar-refractivity contribution is 0.184. The standard InChI is InChI=1S/C21H20N4O2/c1-2-6-16(7-3-1)27-14-20-23-21(25(24-20)15-10-11-26-13-15)18-12-22-19-9-5-4-8-17(18)19/h1-9,12,15,22H,10-11,13-14H2. The van der Waals surface area contributed by atoms with Crippen molar-refractivity contribution < 1.29 is 9.47 Å². The molecule has 136 valence electrons. The number of nitrogens with zero attached hydrogens (tertiary/aromatic N) is 3. The van der Waals surface area contributed by atoms with Crippen molar-refractivity contribution in [3.8, 4) is 17.1 Å². The zero-order valence-corrected chi connectivity index (χ0v) is 14.8. The number of para-hydroxylation sites is 2. The maximum Gasteiger partial charge on any atom is 0.188 e. The van der Waals surface area contributed by atoms with Crippen LogP contribution in [0.3, 0.4) is 0 Å². The van der Waals surface area contributed by atoms with E-state index >= 15 is 0 Å². The Morgan fingerprint density at radius 3 is 2.81 bits per heavy atom. The predicted molar refractivity (Wildman–Crippen MR) is 103 cm³/mol. The Kier molecular flexibility index (Phi) is 4.10. The average Bonchev–Trinajstić information content (AvgIpc) is 3.45. The minimum atomic E-state index is 0.201. The van der Waals surface area contributed by atoms with E-state index < -0.39 is 0 Å². The molecular formula is C21H20N4O2. The molecule has 6 nitrogen and oxygen atoms in total. The molecule has 0 amide bonds. The van der Waals surface area contributed by atoms with Gasteiger partial charge in [-0.2, -0.15) is 5.10 Å². The van der Waals surface area contributed by atoms with Crippen LogP contribution in [-0.4, -0.2) is 33.0 Å². The Hall–Kier alpha value is -3.12. The number of hydrogen-bond acceptors (Lipinski definition) is 4. The molecule has 1 saturated heterocycles. The molecule has 0 bridgehead atoms. The number of aromatic amines is 1. The molecule has 2 aromatic carbocycles. The summed E-state index contributed by atoms with van der Waals surface area (Å²) < 4.78 is 13.4. The topological polar surface area (TPSA) is 65.0 Å². The molecule has 0 aliphatic carbocycles. The summed E-state index contributed by atoms with van der Waals surface area (Å²) in [7, 11) is 0. The molecule has 5 rings (SSSR count). The molecular weight excluding hydrogens is 340 g/mol. The van der Waals surface area contributed by atoms with Crippen LogP contribution < -0.4 is 4.74 Å². The van der Waals surface area contributed by atoms with Crippen LogP contribution in [0.25, 0.3) is 22.3 Å². The smallest absolute Gasteiger partial charge is 0.188 e. The molecule has 0 radical (unpaired) electrons. The average molecular weight is 360 g/mol. The third-order valence-corrected chi connectivity index (χ3v) is 4.87. The van der Waals surface area contributed by atoms with Gasteiger partial charge in [0, 0.05) is 29.3 Å². The number of fused-ring (bicyclic) bond motifs is 1. The maximum atomic E-state index is 5.85. The summed E-state index contributed by atoms with van der Waals surface area (Å²) in [4.78, 5) is 8.14. The molecule has 1 aliphatic heterocycles. The van der Waals surface area contributed by atoms with E-state index in [0.717, 1.165) is 41.1 Å². The Morgan fingerprint density at radius 2 is 1.96 bits per heavy atom. The minimum Gasteiger partial charge on any atom is -0.486 e. The Balaban J connectivity index is 1.52. The summed E-state index contributed by atoms with van der Waals surface area (Å²) in [6.45, 7) is 1.76. The van der Waals surface area contributed by atoms with E-state index in [1.165, 1.54) is 0 Å². The second kappa shape index (κ2) is 6.89. The predicted octanol–water partition coefficient (Wildman–Crippen LogP) is 3.97. The van der Waals surface area contributed by atoms with Crippen molar-refractivity contribution in [2.75, 3.05) is 13.2 Å². The van der Waals surface area contributed by atoms with E-state index in [-0.39, 0.29) is 6.04 Å². The Labute approximate surface area is 156 Å². The van der Waals surface area contributed by atoms with Gasteiger partial charge >= 0.3 is 0 Å². The fraction of sp³-hybridized carbons (Fsp3) is 0.238. The number of aromatic nitrogens is 4. The minimum absolute atomic E-state index is 0.201. The monoisotopic (exact) mass is 360 g/mol. The number of hydrogen-bond donors (Lipinski definition) is 1. The van der Waals surface area contributed by atoms with E-state index in [1.54, 1.807) is 0 Å². The highest BCUT2D eigenvalue weighted by molar-refractivity contribution is 5.93. The second-order valence-electron chi connectivity index (χ2n) is 6.66. The normalized spacial score (nSPS) is 16.8. The molecule has 27 heavy (non-hydrogen) atoms. The molecule has 1 N–H and O–H groups in total. The number of ether oxygens (including phenoxy) is 2. The molecule has 4 aromatic rings. The van der Waals surface area contributed by atoms with Crippen LogP contribution in [0.5, 0.6) is 5.75 Å². The van der Waals surface area contributed by atoms with Gasteiger partial charge in [0.05, 0.1) is 12.6 Å². The zero-order chi connectivity index (χ0) is 18.1. The lowest BCUT2D eigenvalue weighted by atomic mass is 10.1. The summed E-state index contributed by atoms with van der Waals surface area (Å²) in [5.41, 5.74) is 2.14. The molecule has 1 aliphatic rings. The van der Waals surface area contributed by atoms with Crippen LogP contribution in [0.4, 0.5) is 0 Å². The first kappa shape index (κ1) is 16.1. The van der Waals surface area contributed by atoms with Crippen molar-refractivity contribution in [1.82, 2.24) is 19.7 Å². The maximum absolute atomic E-state index is 5.85. The van der Waals surface area contributed by atoms with Crippen molar-refractivity contribution in [2.24, 2.45) is 0 Å². The molecule has 6 heteroatoms. The van der Waals surface area contributed by atoms with Gasteiger partial charge in [-0.1, -0.05) is 36.4 Å². The van der Waals surface area contributed by atoms with Crippen molar-refractivity contribution >= 4 is 10.9 Å². The van der Waals surface area contributed by atoms with Crippen LogP contribution in [-0.2, 0) is 11.3 Å². The van der Waals surface area contributed by atoms with Gasteiger partial charge in [0.1, 0.15) is 12.4 Å². The first-order valence-electron chi connectivity index (χ1n) is 9.16. The number of H-pyrrole nitrogens is 1. The molecule has 1 unspecified atom stereocenters. The van der Waals surface area contributed by atoms with Crippen LogP contribution >= 0.6 is 0 Å².